The SMILES string of the molecule is COc1ccccc1NC(=O)Nc1ccc(-c2ccncc2)nc1. The number of carbonyl (C=O) groups is 1. The quantitative estimate of drug-likeness (QED) is 0.766. The predicted octanol–water partition coefficient (Wildman–Crippen LogP) is 3.80. The van der Waals surface area contributed by atoms with E-state index < -0.39 is 0 Å². The maximum absolute atomic E-state index is 12.1. The molecule has 2 aromatic heterocycles. The topological polar surface area (TPSA) is 76.1 Å². The zero-order valence-corrected chi connectivity index (χ0v) is 13.1. The molecule has 0 saturated carbocycles. The van der Waals surface area contributed by atoms with Gasteiger partial charge in [-0.25, -0.2) is 4.79 Å². The zero-order chi connectivity index (χ0) is 16.8. The maximum atomic E-state index is 12.1. The smallest absolute Gasteiger partial charge is 0.323 e. The molecule has 2 N–H and O–H groups in total. The highest BCUT2D eigenvalue weighted by molar-refractivity contribution is 6.00. The van der Waals surface area contributed by atoms with E-state index in [0.29, 0.717) is 17.1 Å². The van der Waals surface area contributed by atoms with E-state index in [1.807, 2.05) is 30.3 Å². The molecular formula is C18H16N4O2. The number of nitrogens with one attached hydrogen (secondary N) is 2. The van der Waals surface area contributed by atoms with Crippen molar-refractivity contribution in [2.75, 3.05) is 17.7 Å². The molecule has 0 fully saturated rings. The van der Waals surface area contributed by atoms with Crippen molar-refractivity contribution in [2.45, 2.75) is 0 Å². The van der Waals surface area contributed by atoms with Crippen LogP contribution in [0.25, 0.3) is 11.3 Å². The number of para-hydroxylation sites is 2. The van der Waals surface area contributed by atoms with Crippen molar-refractivity contribution in [1.29, 1.82) is 0 Å². The second-order valence-electron chi connectivity index (χ2n) is 4.95. The summed E-state index contributed by atoms with van der Waals surface area (Å²) in [5.74, 6) is 0.596. The molecule has 0 radical (unpaired) electrons. The van der Waals surface area contributed by atoms with Crippen LogP contribution in [0.1, 0.15) is 0 Å². The summed E-state index contributed by atoms with van der Waals surface area (Å²) in [6, 6.07) is 14.2. The summed E-state index contributed by atoms with van der Waals surface area (Å²) in [7, 11) is 1.56. The van der Waals surface area contributed by atoms with Crippen LogP contribution in [0.15, 0.2) is 67.1 Å². The molecule has 3 rings (SSSR count). The van der Waals surface area contributed by atoms with E-state index in [4.69, 9.17) is 4.74 Å². The number of ether oxygens (including phenoxy) is 1. The largest absolute Gasteiger partial charge is 0.495 e. The van der Waals surface area contributed by atoms with E-state index in [1.54, 1.807) is 43.9 Å². The van der Waals surface area contributed by atoms with E-state index >= 15 is 0 Å². The molecule has 0 aliphatic heterocycles. The first-order chi connectivity index (χ1) is 11.8. The molecule has 6 nitrogen and oxygen atoms in total. The van der Waals surface area contributed by atoms with Gasteiger partial charge in [-0.3, -0.25) is 9.97 Å². The summed E-state index contributed by atoms with van der Waals surface area (Å²) in [5, 5.41) is 5.49. The second-order valence-corrected chi connectivity index (χ2v) is 4.95. The lowest BCUT2D eigenvalue weighted by molar-refractivity contribution is 0.262. The molecule has 0 aliphatic rings. The first-order valence-electron chi connectivity index (χ1n) is 7.34. The van der Waals surface area contributed by atoms with Crippen LogP contribution in [0.3, 0.4) is 0 Å². The third-order valence-electron chi connectivity index (χ3n) is 3.35. The Bertz CT molecular complexity index is 820. The van der Waals surface area contributed by atoms with Gasteiger partial charge in [0.25, 0.3) is 0 Å². The molecule has 0 bridgehead atoms. The molecule has 1 aromatic carbocycles. The van der Waals surface area contributed by atoms with Crippen LogP contribution in [0, 0.1) is 0 Å². The standard InChI is InChI=1S/C18H16N4O2/c1-24-17-5-3-2-4-16(17)22-18(23)21-14-6-7-15(20-12-14)13-8-10-19-11-9-13/h2-12H,1H3,(H2,21,22,23). The summed E-state index contributed by atoms with van der Waals surface area (Å²) in [5.41, 5.74) is 2.97. The number of hydrogen-bond donors (Lipinski definition) is 2. The Hall–Kier alpha value is -3.41. The normalized spacial score (nSPS) is 10.0. The number of benzene rings is 1. The van der Waals surface area contributed by atoms with Crippen LogP contribution >= 0.6 is 0 Å². The third-order valence-corrected chi connectivity index (χ3v) is 3.35. The van der Waals surface area contributed by atoms with Crippen LogP contribution in [-0.2, 0) is 0 Å². The van der Waals surface area contributed by atoms with E-state index in [-0.39, 0.29) is 6.03 Å². The van der Waals surface area contributed by atoms with E-state index in [0.717, 1.165) is 11.3 Å². The van der Waals surface area contributed by atoms with Crippen LogP contribution < -0.4 is 15.4 Å². The van der Waals surface area contributed by atoms with Gasteiger partial charge >= 0.3 is 6.03 Å². The van der Waals surface area contributed by atoms with Gasteiger partial charge in [-0.1, -0.05) is 12.1 Å². The Balaban J connectivity index is 1.67. The fourth-order valence-corrected chi connectivity index (χ4v) is 2.19. The van der Waals surface area contributed by atoms with Crippen molar-refractivity contribution in [3.63, 3.8) is 0 Å². The fourth-order valence-electron chi connectivity index (χ4n) is 2.19. The van der Waals surface area contributed by atoms with Crippen molar-refractivity contribution >= 4 is 17.4 Å². The van der Waals surface area contributed by atoms with Gasteiger partial charge in [0, 0.05) is 18.0 Å². The molecule has 0 atom stereocenters. The van der Waals surface area contributed by atoms with E-state index in [9.17, 15) is 4.79 Å². The van der Waals surface area contributed by atoms with Gasteiger partial charge in [-0.05, 0) is 36.4 Å². The Kier molecular flexibility index (Phi) is 4.67. The maximum Gasteiger partial charge on any atom is 0.323 e. The summed E-state index contributed by atoms with van der Waals surface area (Å²) in [6.45, 7) is 0. The van der Waals surface area contributed by atoms with Crippen molar-refractivity contribution in [3.05, 3.63) is 67.1 Å². The minimum Gasteiger partial charge on any atom is -0.495 e. The van der Waals surface area contributed by atoms with Crippen LogP contribution in [0.5, 0.6) is 5.75 Å². The Morgan fingerprint density at radius 3 is 2.50 bits per heavy atom. The van der Waals surface area contributed by atoms with Gasteiger partial charge in [0.2, 0.25) is 0 Å². The number of anilines is 2. The molecule has 0 unspecified atom stereocenters. The van der Waals surface area contributed by atoms with E-state index in [2.05, 4.69) is 20.6 Å². The molecule has 3 aromatic rings. The first-order valence-corrected chi connectivity index (χ1v) is 7.34. The minimum absolute atomic E-state index is 0.363. The van der Waals surface area contributed by atoms with Crippen LogP contribution in [0.2, 0.25) is 0 Å². The highest BCUT2D eigenvalue weighted by Crippen LogP contribution is 2.23. The van der Waals surface area contributed by atoms with Crippen LogP contribution in [0.4, 0.5) is 16.2 Å². The number of pyridine rings is 2. The third kappa shape index (κ3) is 3.67. The van der Waals surface area contributed by atoms with Crippen molar-refractivity contribution < 1.29 is 9.53 Å². The Morgan fingerprint density at radius 1 is 1.00 bits per heavy atom. The van der Waals surface area contributed by atoms with E-state index in [1.165, 1.54) is 0 Å². The summed E-state index contributed by atoms with van der Waals surface area (Å²) in [4.78, 5) is 20.4. The molecule has 2 heterocycles. The number of nitrogens with zero attached hydrogens (tertiary/aromatic N) is 2. The lowest BCUT2D eigenvalue weighted by Gasteiger charge is -2.11. The Morgan fingerprint density at radius 2 is 1.79 bits per heavy atom. The van der Waals surface area contributed by atoms with Gasteiger partial charge in [0.15, 0.2) is 0 Å². The average molecular weight is 320 g/mol. The lowest BCUT2D eigenvalue weighted by Crippen LogP contribution is -2.19. The van der Waals surface area contributed by atoms with Crippen molar-refractivity contribution in [3.8, 4) is 17.0 Å². The fraction of sp³-hybridized carbons (Fsp3) is 0.0556. The van der Waals surface area contributed by atoms with Crippen LogP contribution in [-0.4, -0.2) is 23.1 Å². The number of carbonyl (C=O) groups excluding carboxylic acids is 1. The summed E-state index contributed by atoms with van der Waals surface area (Å²) in [6.07, 6.45) is 5.03. The molecule has 2 amide bonds. The minimum atomic E-state index is -0.363. The molecule has 0 saturated heterocycles. The van der Waals surface area contributed by atoms with Crippen molar-refractivity contribution in [1.82, 2.24) is 9.97 Å². The number of methoxy groups -OCH3 is 1. The van der Waals surface area contributed by atoms with Gasteiger partial charge in [0.05, 0.1) is 30.4 Å². The highest BCUT2D eigenvalue weighted by atomic mass is 16.5. The van der Waals surface area contributed by atoms with Gasteiger partial charge in [0.1, 0.15) is 5.75 Å². The van der Waals surface area contributed by atoms with Gasteiger partial charge in [-0.15, -0.1) is 0 Å². The predicted molar refractivity (Wildman–Crippen MR) is 93.1 cm³/mol. The molecule has 24 heavy (non-hydrogen) atoms. The zero-order valence-electron chi connectivity index (χ0n) is 13.1. The lowest BCUT2D eigenvalue weighted by atomic mass is 10.2. The number of aromatic nitrogens is 2. The highest BCUT2D eigenvalue weighted by Gasteiger charge is 2.07. The molecular weight excluding hydrogens is 304 g/mol. The number of urea groups is 1. The average Bonchev–Trinajstić information content (AvgIpc) is 2.63. The summed E-state index contributed by atoms with van der Waals surface area (Å²) >= 11 is 0. The Labute approximate surface area is 139 Å². The number of hydrogen-bond acceptors (Lipinski definition) is 4. The van der Waals surface area contributed by atoms with Crippen molar-refractivity contribution in [2.24, 2.45) is 0 Å². The molecule has 120 valence electrons. The molecule has 0 spiro atoms. The summed E-state index contributed by atoms with van der Waals surface area (Å²) < 4.78 is 5.20. The van der Waals surface area contributed by atoms with Gasteiger partial charge in [-0.2, -0.15) is 0 Å². The second kappa shape index (κ2) is 7.23. The van der Waals surface area contributed by atoms with Gasteiger partial charge < -0.3 is 15.4 Å². The first kappa shape index (κ1) is 15.5. The monoisotopic (exact) mass is 320 g/mol. The number of amides is 2. The molecule has 6 heteroatoms. The number of rotatable bonds is 4. The molecule has 0 aliphatic carbocycles.